The van der Waals surface area contributed by atoms with E-state index in [0.29, 0.717) is 11.4 Å². The molecule has 0 bridgehead atoms. The van der Waals surface area contributed by atoms with Gasteiger partial charge in [-0.25, -0.2) is 13.1 Å². The molecule has 118 valence electrons. The Kier molecular flexibility index (Phi) is 5.41. The largest absolute Gasteiger partial charge is 0.299 e. The monoisotopic (exact) mass is 310 g/mol. The summed E-state index contributed by atoms with van der Waals surface area (Å²) < 4.78 is 27.3. The summed E-state index contributed by atoms with van der Waals surface area (Å²) in [6.07, 6.45) is 2.41. The molecule has 0 saturated carbocycles. The second-order valence-electron chi connectivity index (χ2n) is 6.24. The van der Waals surface area contributed by atoms with E-state index < -0.39 is 10.0 Å². The number of piperidine rings is 1. The summed E-state index contributed by atoms with van der Waals surface area (Å²) in [4.78, 5) is 2.72. The van der Waals surface area contributed by atoms with Gasteiger partial charge in [-0.1, -0.05) is 19.1 Å². The number of nitrogens with zero attached hydrogens (tertiary/aromatic N) is 1. The van der Waals surface area contributed by atoms with E-state index in [2.05, 4.69) is 23.5 Å². The minimum Gasteiger partial charge on any atom is -0.299 e. The molecule has 0 radical (unpaired) electrons. The Labute approximate surface area is 128 Å². The summed E-state index contributed by atoms with van der Waals surface area (Å²) in [5, 5.41) is 0. The molecular formula is C16H26N2O2S. The normalized spacial score (nSPS) is 19.6. The van der Waals surface area contributed by atoms with Crippen LogP contribution in [-0.4, -0.2) is 39.0 Å². The van der Waals surface area contributed by atoms with Gasteiger partial charge in [0.1, 0.15) is 0 Å². The number of rotatable bonds is 5. The van der Waals surface area contributed by atoms with Crippen LogP contribution in [0.2, 0.25) is 0 Å². The number of hydrogen-bond acceptors (Lipinski definition) is 3. The molecule has 0 amide bonds. The predicted octanol–water partition coefficient (Wildman–Crippen LogP) is 2.39. The van der Waals surface area contributed by atoms with Crippen molar-refractivity contribution < 1.29 is 8.42 Å². The van der Waals surface area contributed by atoms with Crippen LogP contribution in [0.4, 0.5) is 0 Å². The quantitative estimate of drug-likeness (QED) is 0.908. The van der Waals surface area contributed by atoms with Crippen LogP contribution in [0.5, 0.6) is 0 Å². The minimum absolute atomic E-state index is 0.233. The molecule has 1 atom stereocenters. The van der Waals surface area contributed by atoms with Crippen LogP contribution in [0.1, 0.15) is 32.3 Å². The van der Waals surface area contributed by atoms with Crippen molar-refractivity contribution in [2.45, 2.75) is 44.6 Å². The van der Waals surface area contributed by atoms with E-state index in [4.69, 9.17) is 0 Å². The topological polar surface area (TPSA) is 49.4 Å². The van der Waals surface area contributed by atoms with Gasteiger partial charge in [-0.05, 0) is 63.4 Å². The van der Waals surface area contributed by atoms with Crippen molar-refractivity contribution in [3.8, 4) is 0 Å². The molecule has 4 nitrogen and oxygen atoms in total. The van der Waals surface area contributed by atoms with Crippen LogP contribution in [0.25, 0.3) is 0 Å². The van der Waals surface area contributed by atoms with Gasteiger partial charge < -0.3 is 0 Å². The molecule has 5 heteroatoms. The maximum absolute atomic E-state index is 12.3. The molecule has 0 spiro atoms. The maximum Gasteiger partial charge on any atom is 0.240 e. The fourth-order valence-corrected chi connectivity index (χ4v) is 3.92. The average Bonchev–Trinajstić information content (AvgIpc) is 2.45. The first-order valence-corrected chi connectivity index (χ1v) is 9.17. The minimum atomic E-state index is -3.40. The predicted molar refractivity (Wildman–Crippen MR) is 85.8 cm³/mol. The van der Waals surface area contributed by atoms with Gasteiger partial charge in [-0.15, -0.1) is 0 Å². The van der Waals surface area contributed by atoms with E-state index >= 15 is 0 Å². The molecule has 1 aromatic rings. The Morgan fingerprint density at radius 3 is 2.62 bits per heavy atom. The van der Waals surface area contributed by atoms with Gasteiger partial charge >= 0.3 is 0 Å². The zero-order chi connectivity index (χ0) is 15.5. The standard InChI is InChI=1S/C16H26N2O2S/c1-13-7-9-18(10-8-13)15(3)12-17-21(19,20)16-6-4-5-14(2)11-16/h4-6,11,13,15,17H,7-10,12H2,1-3H3. The lowest BCUT2D eigenvalue weighted by molar-refractivity contribution is 0.148. The zero-order valence-electron chi connectivity index (χ0n) is 13.2. The highest BCUT2D eigenvalue weighted by atomic mass is 32.2. The average molecular weight is 310 g/mol. The number of aryl methyl sites for hydroxylation is 1. The van der Waals surface area contributed by atoms with E-state index in [0.717, 1.165) is 24.6 Å². The summed E-state index contributed by atoms with van der Waals surface area (Å²) in [6.45, 7) is 8.86. The Morgan fingerprint density at radius 2 is 2.00 bits per heavy atom. The summed E-state index contributed by atoms with van der Waals surface area (Å²) in [5.74, 6) is 0.789. The van der Waals surface area contributed by atoms with E-state index in [1.165, 1.54) is 12.8 Å². The van der Waals surface area contributed by atoms with Gasteiger partial charge in [-0.2, -0.15) is 0 Å². The molecular weight excluding hydrogens is 284 g/mol. The van der Waals surface area contributed by atoms with Gasteiger partial charge in [-0.3, -0.25) is 4.90 Å². The van der Waals surface area contributed by atoms with Crippen molar-refractivity contribution in [3.05, 3.63) is 29.8 Å². The Balaban J connectivity index is 1.92. The molecule has 1 fully saturated rings. The highest BCUT2D eigenvalue weighted by Crippen LogP contribution is 2.18. The Morgan fingerprint density at radius 1 is 1.33 bits per heavy atom. The number of benzene rings is 1. The van der Waals surface area contributed by atoms with Crippen molar-refractivity contribution in [1.82, 2.24) is 9.62 Å². The van der Waals surface area contributed by atoms with Crippen LogP contribution in [0, 0.1) is 12.8 Å². The molecule has 0 aliphatic carbocycles. The van der Waals surface area contributed by atoms with Crippen LogP contribution in [0.3, 0.4) is 0 Å². The summed E-state index contributed by atoms with van der Waals surface area (Å²) >= 11 is 0. The molecule has 1 unspecified atom stereocenters. The van der Waals surface area contributed by atoms with Gasteiger partial charge in [0.2, 0.25) is 10.0 Å². The van der Waals surface area contributed by atoms with E-state index in [1.54, 1.807) is 18.2 Å². The summed E-state index contributed by atoms with van der Waals surface area (Å²) in [6, 6.07) is 7.26. The molecule has 0 aromatic heterocycles. The third-order valence-corrected chi connectivity index (χ3v) is 5.73. The van der Waals surface area contributed by atoms with Crippen LogP contribution in [-0.2, 0) is 10.0 Å². The van der Waals surface area contributed by atoms with Crippen molar-refractivity contribution in [2.75, 3.05) is 19.6 Å². The fraction of sp³-hybridized carbons (Fsp3) is 0.625. The second-order valence-corrected chi connectivity index (χ2v) is 8.00. The molecule has 1 heterocycles. The summed E-state index contributed by atoms with van der Waals surface area (Å²) in [5.41, 5.74) is 0.955. The van der Waals surface area contributed by atoms with Crippen LogP contribution < -0.4 is 4.72 Å². The first-order valence-electron chi connectivity index (χ1n) is 7.69. The zero-order valence-corrected chi connectivity index (χ0v) is 14.0. The van der Waals surface area contributed by atoms with Crippen LogP contribution >= 0.6 is 0 Å². The first kappa shape index (κ1) is 16.5. The van der Waals surface area contributed by atoms with Gasteiger partial charge in [0.05, 0.1) is 4.90 Å². The van der Waals surface area contributed by atoms with E-state index in [9.17, 15) is 8.42 Å². The lowest BCUT2D eigenvalue weighted by atomic mass is 9.98. The molecule has 1 aliphatic heterocycles. The molecule has 1 aromatic carbocycles. The Hall–Kier alpha value is -0.910. The van der Waals surface area contributed by atoms with E-state index in [1.807, 2.05) is 13.0 Å². The number of nitrogens with one attached hydrogen (secondary N) is 1. The number of sulfonamides is 1. The van der Waals surface area contributed by atoms with Gasteiger partial charge in [0.15, 0.2) is 0 Å². The highest BCUT2D eigenvalue weighted by Gasteiger charge is 2.22. The number of hydrogen-bond donors (Lipinski definition) is 1. The van der Waals surface area contributed by atoms with Crippen LogP contribution in [0.15, 0.2) is 29.2 Å². The smallest absolute Gasteiger partial charge is 0.240 e. The summed E-state index contributed by atoms with van der Waals surface area (Å²) in [7, 11) is -3.40. The van der Waals surface area contributed by atoms with Gasteiger partial charge in [0.25, 0.3) is 0 Å². The third-order valence-electron chi connectivity index (χ3n) is 4.31. The van der Waals surface area contributed by atoms with Crippen molar-refractivity contribution in [1.29, 1.82) is 0 Å². The number of likely N-dealkylation sites (tertiary alicyclic amines) is 1. The van der Waals surface area contributed by atoms with Crippen molar-refractivity contribution in [3.63, 3.8) is 0 Å². The SMILES string of the molecule is Cc1cccc(S(=O)(=O)NCC(C)N2CCC(C)CC2)c1. The third kappa shape index (κ3) is 4.53. The molecule has 1 aliphatic rings. The molecule has 1 saturated heterocycles. The lowest BCUT2D eigenvalue weighted by Crippen LogP contribution is -2.45. The fourth-order valence-electron chi connectivity index (χ4n) is 2.69. The molecule has 1 N–H and O–H groups in total. The maximum atomic E-state index is 12.3. The first-order chi connectivity index (χ1) is 9.88. The van der Waals surface area contributed by atoms with E-state index in [-0.39, 0.29) is 6.04 Å². The second kappa shape index (κ2) is 6.90. The van der Waals surface area contributed by atoms with Crippen molar-refractivity contribution in [2.24, 2.45) is 5.92 Å². The van der Waals surface area contributed by atoms with Gasteiger partial charge in [0, 0.05) is 12.6 Å². The molecule has 2 rings (SSSR count). The Bertz CT molecular complexity index is 563. The lowest BCUT2D eigenvalue weighted by Gasteiger charge is -2.34. The van der Waals surface area contributed by atoms with Crippen molar-refractivity contribution >= 4 is 10.0 Å². The molecule has 21 heavy (non-hydrogen) atoms. The highest BCUT2D eigenvalue weighted by molar-refractivity contribution is 7.89.